The second-order valence-electron chi connectivity index (χ2n) is 2.87. The van der Waals surface area contributed by atoms with Crippen LogP contribution in [0.15, 0.2) is 11.4 Å². The average Bonchev–Trinajstić information content (AvgIpc) is 2.11. The summed E-state index contributed by atoms with van der Waals surface area (Å²) in [5, 5.41) is 1.24. The van der Waals surface area contributed by atoms with Gasteiger partial charge in [-0.05, 0) is 0 Å². The number of aromatic nitrogens is 2. The molecule has 2 heterocycles. The Morgan fingerprint density at radius 3 is 2.93 bits per heavy atom. The third-order valence-corrected chi connectivity index (χ3v) is 3.01. The Balaban J connectivity index is 2.17. The molecule has 0 amide bonds. The molecule has 0 bridgehead atoms. The van der Waals surface area contributed by atoms with Crippen LogP contribution in [0, 0.1) is 0 Å². The molecule has 0 saturated carbocycles. The second kappa shape index (κ2) is 4.02. The van der Waals surface area contributed by atoms with Crippen molar-refractivity contribution in [1.29, 1.82) is 0 Å². The molecule has 2 rings (SSSR count). The fraction of sp³-hybridized carbons (Fsp3) is 0.500. The Bertz CT molecular complexity index is 330. The monoisotopic (exact) mass is 213 g/mol. The van der Waals surface area contributed by atoms with E-state index in [2.05, 4.69) is 9.97 Å². The van der Waals surface area contributed by atoms with Gasteiger partial charge in [0, 0.05) is 0 Å². The molecule has 0 aromatic carbocycles. The van der Waals surface area contributed by atoms with Crippen molar-refractivity contribution >= 4 is 17.6 Å². The molecule has 0 unspecified atom stereocenters. The maximum absolute atomic E-state index is 5.65. The van der Waals surface area contributed by atoms with Gasteiger partial charge in [-0.15, -0.1) is 0 Å². The van der Waals surface area contributed by atoms with Crippen molar-refractivity contribution in [3.05, 3.63) is 6.33 Å². The van der Waals surface area contributed by atoms with Crippen LogP contribution in [-0.4, -0.2) is 35.5 Å². The number of hydrogen-bond acceptors (Lipinski definition) is 6. The van der Waals surface area contributed by atoms with Crippen molar-refractivity contribution in [1.82, 2.24) is 9.97 Å². The van der Waals surface area contributed by atoms with Gasteiger partial charge >= 0.3 is 0 Å². The van der Waals surface area contributed by atoms with E-state index in [-0.39, 0.29) is 0 Å². The molecular weight excluding hydrogens is 202 g/mol. The van der Waals surface area contributed by atoms with Gasteiger partial charge in [0.25, 0.3) is 0 Å². The summed E-state index contributed by atoms with van der Waals surface area (Å²) >= 11 is 1.61. The summed E-state index contributed by atoms with van der Waals surface area (Å²) in [5.41, 5.74) is 5.65. The molecule has 1 aromatic heterocycles. The van der Waals surface area contributed by atoms with Gasteiger partial charge in [-0.3, -0.25) is 0 Å². The summed E-state index contributed by atoms with van der Waals surface area (Å²) in [4.78, 5) is 7.98. The van der Waals surface area contributed by atoms with Gasteiger partial charge in [-0.25, -0.2) is 9.97 Å². The standard InChI is InChI=1S/C8H11N3O2S/c1-12-6-7(9)10-4-11-8(6)14-5-2-13-3-5/h4-5H,2-3H2,1H3,(H2,9,10,11). The lowest BCUT2D eigenvalue weighted by Crippen LogP contribution is -2.30. The normalized spacial score (nSPS) is 16.4. The highest BCUT2D eigenvalue weighted by atomic mass is 32.2. The first-order chi connectivity index (χ1) is 6.81. The molecule has 6 heteroatoms. The van der Waals surface area contributed by atoms with Crippen LogP contribution in [0.2, 0.25) is 0 Å². The molecule has 2 N–H and O–H groups in total. The summed E-state index contributed by atoms with van der Waals surface area (Å²) in [5.74, 6) is 0.939. The highest BCUT2D eigenvalue weighted by molar-refractivity contribution is 8.00. The molecular formula is C8H11N3O2S. The predicted octanol–water partition coefficient (Wildman–Crippen LogP) is 0.558. The minimum atomic E-state index is 0.380. The number of nitrogen functional groups attached to an aromatic ring is 1. The van der Waals surface area contributed by atoms with E-state index in [1.807, 2.05) is 0 Å². The van der Waals surface area contributed by atoms with Crippen molar-refractivity contribution in [2.24, 2.45) is 0 Å². The highest BCUT2D eigenvalue weighted by Crippen LogP contribution is 2.35. The smallest absolute Gasteiger partial charge is 0.193 e. The summed E-state index contributed by atoms with van der Waals surface area (Å²) < 4.78 is 10.2. The Hall–Kier alpha value is -1.01. The van der Waals surface area contributed by atoms with Crippen molar-refractivity contribution in [3.8, 4) is 5.75 Å². The van der Waals surface area contributed by atoms with E-state index in [0.717, 1.165) is 18.2 Å². The first-order valence-corrected chi connectivity index (χ1v) is 5.08. The zero-order valence-corrected chi connectivity index (χ0v) is 8.58. The van der Waals surface area contributed by atoms with Crippen LogP contribution < -0.4 is 10.5 Å². The second-order valence-corrected chi connectivity index (χ2v) is 4.16. The Morgan fingerprint density at radius 1 is 1.57 bits per heavy atom. The number of nitrogens with zero attached hydrogens (tertiary/aromatic N) is 2. The Kier molecular flexibility index (Phi) is 2.74. The topological polar surface area (TPSA) is 70.3 Å². The first kappa shape index (κ1) is 9.54. The number of ether oxygens (including phenoxy) is 2. The third kappa shape index (κ3) is 1.76. The number of hydrogen-bond donors (Lipinski definition) is 1. The van der Waals surface area contributed by atoms with E-state index in [1.165, 1.54) is 6.33 Å². The largest absolute Gasteiger partial charge is 0.490 e. The lowest BCUT2D eigenvalue weighted by atomic mass is 10.4. The quantitative estimate of drug-likeness (QED) is 0.740. The maximum atomic E-state index is 5.65. The molecule has 0 atom stereocenters. The summed E-state index contributed by atoms with van der Waals surface area (Å²) in [6.07, 6.45) is 1.44. The van der Waals surface area contributed by atoms with Gasteiger partial charge in [0.2, 0.25) is 0 Å². The number of nitrogens with two attached hydrogens (primary N) is 1. The third-order valence-electron chi connectivity index (χ3n) is 1.89. The van der Waals surface area contributed by atoms with E-state index in [1.54, 1.807) is 18.9 Å². The number of thioether (sulfide) groups is 1. The molecule has 0 aliphatic carbocycles. The zero-order valence-electron chi connectivity index (χ0n) is 7.77. The van der Waals surface area contributed by atoms with Crippen LogP contribution in [-0.2, 0) is 4.74 Å². The van der Waals surface area contributed by atoms with Gasteiger partial charge < -0.3 is 15.2 Å². The summed E-state index contributed by atoms with van der Waals surface area (Å²) in [6, 6.07) is 0. The molecule has 1 aromatic rings. The fourth-order valence-electron chi connectivity index (χ4n) is 1.09. The van der Waals surface area contributed by atoms with Crippen molar-refractivity contribution in [2.45, 2.75) is 10.3 Å². The minimum absolute atomic E-state index is 0.380. The van der Waals surface area contributed by atoms with E-state index in [9.17, 15) is 0 Å². The molecule has 14 heavy (non-hydrogen) atoms. The lowest BCUT2D eigenvalue weighted by molar-refractivity contribution is 0.0454. The first-order valence-electron chi connectivity index (χ1n) is 4.20. The fourth-order valence-corrected chi connectivity index (χ4v) is 2.13. The van der Waals surface area contributed by atoms with Gasteiger partial charge in [-0.2, -0.15) is 0 Å². The van der Waals surface area contributed by atoms with E-state index < -0.39 is 0 Å². The van der Waals surface area contributed by atoms with Crippen LogP contribution in [0.3, 0.4) is 0 Å². The molecule has 1 aliphatic heterocycles. The van der Waals surface area contributed by atoms with E-state index in [0.29, 0.717) is 16.8 Å². The van der Waals surface area contributed by atoms with Crippen LogP contribution in [0.1, 0.15) is 0 Å². The minimum Gasteiger partial charge on any atom is -0.490 e. The number of rotatable bonds is 3. The lowest BCUT2D eigenvalue weighted by Gasteiger charge is -2.25. The van der Waals surface area contributed by atoms with Crippen LogP contribution in [0.4, 0.5) is 5.82 Å². The number of anilines is 1. The predicted molar refractivity (Wildman–Crippen MR) is 53.5 cm³/mol. The molecule has 1 saturated heterocycles. The maximum Gasteiger partial charge on any atom is 0.193 e. The van der Waals surface area contributed by atoms with Crippen molar-refractivity contribution in [3.63, 3.8) is 0 Å². The molecule has 5 nitrogen and oxygen atoms in total. The van der Waals surface area contributed by atoms with Crippen LogP contribution in [0.25, 0.3) is 0 Å². The van der Waals surface area contributed by atoms with Gasteiger partial charge in [0.15, 0.2) is 11.6 Å². The Morgan fingerprint density at radius 2 is 2.36 bits per heavy atom. The van der Waals surface area contributed by atoms with Gasteiger partial charge in [-0.1, -0.05) is 11.8 Å². The molecule has 1 aliphatic rings. The van der Waals surface area contributed by atoms with Gasteiger partial charge in [0.05, 0.1) is 25.6 Å². The highest BCUT2D eigenvalue weighted by Gasteiger charge is 2.22. The van der Waals surface area contributed by atoms with E-state index in [4.69, 9.17) is 15.2 Å². The van der Waals surface area contributed by atoms with Gasteiger partial charge in [0.1, 0.15) is 11.4 Å². The SMILES string of the molecule is COc1c(N)ncnc1SC1COC1. The summed E-state index contributed by atoms with van der Waals surface area (Å²) in [7, 11) is 1.57. The molecule has 0 spiro atoms. The molecule has 1 fully saturated rings. The zero-order chi connectivity index (χ0) is 9.97. The molecule has 0 radical (unpaired) electrons. The van der Waals surface area contributed by atoms with E-state index >= 15 is 0 Å². The average molecular weight is 213 g/mol. The van der Waals surface area contributed by atoms with Crippen LogP contribution >= 0.6 is 11.8 Å². The van der Waals surface area contributed by atoms with Crippen molar-refractivity contribution in [2.75, 3.05) is 26.1 Å². The van der Waals surface area contributed by atoms with Crippen molar-refractivity contribution < 1.29 is 9.47 Å². The van der Waals surface area contributed by atoms with Crippen LogP contribution in [0.5, 0.6) is 5.75 Å². The summed E-state index contributed by atoms with van der Waals surface area (Å²) in [6.45, 7) is 1.52. The number of methoxy groups -OCH3 is 1. The molecule has 76 valence electrons. The Labute approximate surface area is 86.0 Å².